The highest BCUT2D eigenvalue weighted by molar-refractivity contribution is 7.79. The molecule has 0 aliphatic carbocycles. The summed E-state index contributed by atoms with van der Waals surface area (Å²) in [6.45, 7) is 4.83. The van der Waals surface area contributed by atoms with Crippen molar-refractivity contribution in [1.29, 1.82) is 0 Å². The summed E-state index contributed by atoms with van der Waals surface area (Å²) in [4.78, 5) is 0. The van der Waals surface area contributed by atoms with Crippen LogP contribution in [0.4, 0.5) is 0 Å². The Kier molecular flexibility index (Phi) is 3.92. The van der Waals surface area contributed by atoms with Gasteiger partial charge in [0.15, 0.2) is 0 Å². The summed E-state index contributed by atoms with van der Waals surface area (Å²) in [6.07, 6.45) is 1.24. The summed E-state index contributed by atoms with van der Waals surface area (Å²) < 4.78 is 0. The summed E-state index contributed by atoms with van der Waals surface area (Å²) >= 11 is 0. The van der Waals surface area contributed by atoms with Crippen LogP contribution in [0.1, 0.15) is 30.5 Å². The van der Waals surface area contributed by atoms with Gasteiger partial charge in [-0.25, -0.2) is 0 Å². The van der Waals surface area contributed by atoms with E-state index in [-0.39, 0.29) is 13.3 Å². The average Bonchev–Trinajstić information content (AvgIpc) is 3.17. The van der Waals surface area contributed by atoms with E-state index >= 15 is 0 Å². The highest BCUT2D eigenvalue weighted by atomic mass is 31.1. The van der Waals surface area contributed by atoms with E-state index in [1.807, 2.05) is 0 Å². The Balaban J connectivity index is 1.77. The summed E-state index contributed by atoms with van der Waals surface area (Å²) in [7, 11) is -0.340. The number of hydrogen-bond acceptors (Lipinski definition) is 0. The zero-order valence-electron chi connectivity index (χ0n) is 15.8. The smallest absolute Gasteiger partial charge is 0.0198 e. The second kappa shape index (κ2) is 6.32. The molecule has 3 aromatic carbocycles. The van der Waals surface area contributed by atoms with Crippen molar-refractivity contribution in [1.82, 2.24) is 0 Å². The topological polar surface area (TPSA) is 0 Å². The lowest BCUT2D eigenvalue weighted by Crippen LogP contribution is -2.18. The fourth-order valence-electron chi connectivity index (χ4n) is 4.76. The Bertz CT molecular complexity index is 1050. The third kappa shape index (κ3) is 2.47. The molecular weight excluding hydrogens is 343 g/mol. The molecule has 3 aromatic rings. The first-order valence-corrected chi connectivity index (χ1v) is 11.1. The molecule has 0 saturated heterocycles. The molecule has 0 N–H and O–H groups in total. The van der Waals surface area contributed by atoms with Crippen LogP contribution in [0.15, 0.2) is 96.6 Å². The van der Waals surface area contributed by atoms with Crippen molar-refractivity contribution in [3.05, 3.63) is 113 Å². The van der Waals surface area contributed by atoms with Crippen molar-refractivity contribution in [3.8, 4) is 0 Å². The molecule has 0 fully saturated rings. The Morgan fingerprint density at radius 1 is 0.630 bits per heavy atom. The van der Waals surface area contributed by atoms with Crippen molar-refractivity contribution >= 4 is 24.1 Å². The maximum atomic E-state index is 2.46. The van der Waals surface area contributed by atoms with Gasteiger partial charge in [-0.1, -0.05) is 103 Å². The quantitative estimate of drug-likeness (QED) is 0.421. The van der Waals surface area contributed by atoms with Crippen molar-refractivity contribution in [2.24, 2.45) is 5.41 Å². The SMILES string of the molecule is CC1=C(c2ccccc2)[P@@]2C[C@]1(C)C(c1ccccc1)=C2c1ccccc1. The molecule has 0 unspecified atom stereocenters. The third-order valence-electron chi connectivity index (χ3n) is 6.14. The van der Waals surface area contributed by atoms with E-state index < -0.39 is 0 Å². The first-order chi connectivity index (χ1) is 13.2. The maximum absolute atomic E-state index is 2.46. The Morgan fingerprint density at radius 2 is 1.07 bits per heavy atom. The molecule has 0 radical (unpaired) electrons. The summed E-state index contributed by atoms with van der Waals surface area (Å²) in [5.74, 6) is 0. The van der Waals surface area contributed by atoms with Gasteiger partial charge < -0.3 is 0 Å². The zero-order valence-corrected chi connectivity index (χ0v) is 16.7. The van der Waals surface area contributed by atoms with E-state index in [0.29, 0.717) is 0 Å². The fourth-order valence-corrected chi connectivity index (χ4v) is 8.54. The first-order valence-electron chi connectivity index (χ1n) is 9.60. The normalized spacial score (nSPS) is 24.0. The molecule has 0 amide bonds. The van der Waals surface area contributed by atoms with Crippen LogP contribution in [0.25, 0.3) is 16.2 Å². The number of benzene rings is 3. The molecule has 2 aliphatic heterocycles. The fraction of sp³-hybridized carbons (Fsp3) is 0.154. The standard InChI is InChI=1S/C26H23P/c1-19-24(21-14-8-4-9-15-21)27-18-26(19,2)23(20-12-6-3-7-13-20)25(27)22-16-10-5-11-17-22/h3-17H,18H2,1-2H3/t26-,27+/m0/s1. The Morgan fingerprint density at radius 3 is 1.59 bits per heavy atom. The summed E-state index contributed by atoms with van der Waals surface area (Å²) in [5, 5.41) is 3.19. The van der Waals surface area contributed by atoms with Gasteiger partial charge in [-0.05, 0) is 53.9 Å². The maximum Gasteiger partial charge on any atom is 0.0198 e. The van der Waals surface area contributed by atoms with E-state index in [2.05, 4.69) is 105 Å². The molecule has 2 aliphatic rings. The van der Waals surface area contributed by atoms with Crippen LogP contribution in [0, 0.1) is 5.41 Å². The van der Waals surface area contributed by atoms with Crippen LogP contribution in [0.2, 0.25) is 0 Å². The van der Waals surface area contributed by atoms with E-state index in [4.69, 9.17) is 0 Å². The van der Waals surface area contributed by atoms with Gasteiger partial charge in [0.1, 0.15) is 0 Å². The number of allylic oxidation sites excluding steroid dienone is 2. The lowest BCUT2D eigenvalue weighted by molar-refractivity contribution is 0.632. The van der Waals surface area contributed by atoms with Crippen LogP contribution in [0.3, 0.4) is 0 Å². The van der Waals surface area contributed by atoms with Crippen molar-refractivity contribution in [3.63, 3.8) is 0 Å². The Hall–Kier alpha value is -2.43. The summed E-state index contributed by atoms with van der Waals surface area (Å²) in [5.41, 5.74) is 7.44. The first kappa shape index (κ1) is 16.7. The lowest BCUT2D eigenvalue weighted by atomic mass is 9.73. The van der Waals surface area contributed by atoms with Crippen LogP contribution in [-0.2, 0) is 0 Å². The van der Waals surface area contributed by atoms with Crippen LogP contribution in [-0.4, -0.2) is 6.16 Å². The lowest BCUT2D eigenvalue weighted by Gasteiger charge is -2.31. The van der Waals surface area contributed by atoms with E-state index in [9.17, 15) is 0 Å². The van der Waals surface area contributed by atoms with Crippen molar-refractivity contribution in [2.45, 2.75) is 13.8 Å². The van der Waals surface area contributed by atoms with Crippen molar-refractivity contribution < 1.29 is 0 Å². The highest BCUT2D eigenvalue weighted by Gasteiger charge is 2.52. The van der Waals surface area contributed by atoms with Gasteiger partial charge >= 0.3 is 0 Å². The van der Waals surface area contributed by atoms with Crippen LogP contribution < -0.4 is 0 Å². The predicted octanol–water partition coefficient (Wildman–Crippen LogP) is 7.50. The second-order valence-electron chi connectivity index (χ2n) is 7.71. The highest BCUT2D eigenvalue weighted by Crippen LogP contribution is 2.80. The molecule has 1 heteroatoms. The van der Waals surface area contributed by atoms with E-state index in [1.54, 1.807) is 21.8 Å². The molecule has 0 spiro atoms. The minimum Gasteiger partial charge on any atom is -0.0622 e. The van der Waals surface area contributed by atoms with Gasteiger partial charge in [-0.15, -0.1) is 0 Å². The molecule has 27 heavy (non-hydrogen) atoms. The molecule has 132 valence electrons. The molecule has 0 saturated carbocycles. The molecule has 2 heterocycles. The summed E-state index contributed by atoms with van der Waals surface area (Å²) in [6, 6.07) is 33.1. The van der Waals surface area contributed by atoms with Gasteiger partial charge in [0, 0.05) is 5.41 Å². The van der Waals surface area contributed by atoms with Gasteiger partial charge in [0.05, 0.1) is 0 Å². The van der Waals surface area contributed by atoms with E-state index in [0.717, 1.165) is 0 Å². The van der Waals surface area contributed by atoms with Gasteiger partial charge in [-0.2, -0.15) is 0 Å². The van der Waals surface area contributed by atoms with Gasteiger partial charge in [-0.3, -0.25) is 0 Å². The average molecular weight is 366 g/mol. The van der Waals surface area contributed by atoms with E-state index in [1.165, 1.54) is 22.9 Å². The zero-order chi connectivity index (χ0) is 18.4. The van der Waals surface area contributed by atoms with Crippen LogP contribution in [0.5, 0.6) is 0 Å². The number of hydrogen-bond donors (Lipinski definition) is 0. The molecule has 2 atom stereocenters. The van der Waals surface area contributed by atoms with Crippen LogP contribution >= 0.6 is 7.92 Å². The number of fused-ring (bicyclic) bond motifs is 2. The molecule has 0 nitrogen and oxygen atoms in total. The molecule has 0 aromatic heterocycles. The minimum atomic E-state index is -0.340. The minimum absolute atomic E-state index is 0.128. The third-order valence-corrected chi connectivity index (χ3v) is 9.25. The molecule has 5 rings (SSSR count). The Labute approximate surface area is 163 Å². The number of rotatable bonds is 3. The molecular formula is C26H23P. The largest absolute Gasteiger partial charge is 0.0622 e. The molecule has 2 bridgehead atoms. The van der Waals surface area contributed by atoms with Crippen molar-refractivity contribution in [2.75, 3.05) is 6.16 Å². The second-order valence-corrected chi connectivity index (χ2v) is 9.78. The van der Waals surface area contributed by atoms with Gasteiger partial charge in [0.2, 0.25) is 0 Å². The predicted molar refractivity (Wildman–Crippen MR) is 119 cm³/mol. The van der Waals surface area contributed by atoms with Gasteiger partial charge in [0.25, 0.3) is 0 Å². The monoisotopic (exact) mass is 366 g/mol.